The van der Waals surface area contributed by atoms with Crippen LogP contribution in [0.5, 0.6) is 34.5 Å². The number of carbonyl (C=O) groups excluding carboxylic acids is 4. The van der Waals surface area contributed by atoms with Crippen LogP contribution in [0.4, 0.5) is 25.4 Å². The molecule has 11 rings (SSSR count). The summed E-state index contributed by atoms with van der Waals surface area (Å²) in [6.45, 7) is 4.21. The molecule has 4 aliphatic rings. The first kappa shape index (κ1) is 48.7. The number of ether oxygens (including phenoxy) is 4. The van der Waals surface area contributed by atoms with E-state index in [0.29, 0.717) is 73.6 Å². The number of halogens is 1. The number of aromatic hydroxyl groups is 2. The van der Waals surface area contributed by atoms with E-state index in [0.717, 1.165) is 56.3 Å². The van der Waals surface area contributed by atoms with Gasteiger partial charge < -0.3 is 50.4 Å². The third-order valence-corrected chi connectivity index (χ3v) is 13.6. The number of amides is 4. The predicted octanol–water partition coefficient (Wildman–Crippen LogP) is 10.3. The minimum atomic E-state index is -0.488. The van der Waals surface area contributed by atoms with Gasteiger partial charge in [-0.15, -0.1) is 0 Å². The number of rotatable bonds is 12. The average Bonchev–Trinajstić information content (AvgIpc) is 4.21. The van der Waals surface area contributed by atoms with Crippen LogP contribution in [0.3, 0.4) is 0 Å². The quantitative estimate of drug-likeness (QED) is 0.0628. The highest BCUT2D eigenvalue weighted by atomic mass is 19.1. The first-order valence-corrected chi connectivity index (χ1v) is 24.5. The second kappa shape index (κ2) is 21.1. The van der Waals surface area contributed by atoms with Crippen LogP contribution in [0.15, 0.2) is 109 Å². The SMILES string of the molecule is CCC(C)NC(=O)n1nc(-c2cc(NC(=O)c3ccc4c(c3)OCO4)ccc2O)cc1C1CCC1.O=C(Nc1ccc(O)c(-c2cc(C3CCC3)n(C(=O)NCc3ccccc3F)n2)c1)c1ccc2c(c1)OCO2. The van der Waals surface area contributed by atoms with Crippen molar-refractivity contribution in [3.05, 3.63) is 143 Å². The maximum atomic E-state index is 14.0. The molecule has 1 atom stereocenters. The summed E-state index contributed by atoms with van der Waals surface area (Å²) in [5.74, 6) is 1.49. The zero-order chi connectivity index (χ0) is 51.5. The number of phenolic OH excluding ortho intramolecular Hbond substituents is 2. The van der Waals surface area contributed by atoms with Crippen LogP contribution >= 0.6 is 0 Å². The number of hydrogen-bond donors (Lipinski definition) is 6. The summed E-state index contributed by atoms with van der Waals surface area (Å²) >= 11 is 0. The molecule has 5 aromatic carbocycles. The van der Waals surface area contributed by atoms with Crippen LogP contribution < -0.4 is 40.2 Å². The van der Waals surface area contributed by atoms with E-state index in [1.165, 1.54) is 27.6 Å². The van der Waals surface area contributed by atoms with Gasteiger partial charge in [-0.05, 0) is 130 Å². The molecule has 0 bridgehead atoms. The molecule has 7 aromatic rings. The number of nitrogens with one attached hydrogen (secondary N) is 4. The average molecular weight is 1010 g/mol. The second-order valence-electron chi connectivity index (χ2n) is 18.5. The molecule has 380 valence electrons. The molecule has 4 amide bonds. The van der Waals surface area contributed by atoms with E-state index in [1.807, 2.05) is 19.9 Å². The number of fused-ring (bicyclic) bond motifs is 2. The van der Waals surface area contributed by atoms with Gasteiger partial charge in [0.2, 0.25) is 13.6 Å². The number of anilines is 2. The van der Waals surface area contributed by atoms with Gasteiger partial charge in [-0.1, -0.05) is 38.0 Å². The van der Waals surface area contributed by atoms with E-state index in [4.69, 9.17) is 18.9 Å². The topological polar surface area (TPSA) is 229 Å². The molecule has 2 aliphatic carbocycles. The lowest BCUT2D eigenvalue weighted by Crippen LogP contribution is -2.37. The third-order valence-electron chi connectivity index (χ3n) is 13.6. The lowest BCUT2D eigenvalue weighted by atomic mass is 9.82. The number of phenols is 2. The maximum Gasteiger partial charge on any atom is 0.342 e. The van der Waals surface area contributed by atoms with E-state index >= 15 is 0 Å². The zero-order valence-corrected chi connectivity index (χ0v) is 40.5. The van der Waals surface area contributed by atoms with E-state index in [9.17, 15) is 33.8 Å². The fourth-order valence-electron chi connectivity index (χ4n) is 8.75. The standard InChI is InChI=1S/C29H25FN4O5.C26H28N4O5/c30-22-7-2-1-4-19(22)15-31-29(37)34-24(17-5-3-6-17)14-23(33-34)21-13-20(9-10-25(21)35)32-28(36)18-8-11-26-27(12-18)39-16-38-26;1-3-15(2)27-26(33)30-21(16-5-4-6-16)13-20(29-30)19-12-18(8-9-22(19)31)28-25(32)17-7-10-23-24(11-17)35-14-34-23/h1-2,4,7-14,17,35H,3,5-6,15-16H2,(H,31,37)(H,32,36);7-13,15-16,31H,3-6,14H2,1-2H3,(H,27,33)(H,28,32). The van der Waals surface area contributed by atoms with Crippen molar-refractivity contribution in [1.29, 1.82) is 0 Å². The van der Waals surface area contributed by atoms with E-state index in [-0.39, 0.29) is 67.4 Å². The summed E-state index contributed by atoms with van der Waals surface area (Å²) in [6.07, 6.45) is 6.81. The molecule has 2 aromatic heterocycles. The summed E-state index contributed by atoms with van der Waals surface area (Å²) in [6, 6.07) is 28.5. The van der Waals surface area contributed by atoms with Crippen LogP contribution in [-0.4, -0.2) is 73.3 Å². The van der Waals surface area contributed by atoms with Crippen molar-refractivity contribution >= 4 is 35.3 Å². The number of carbonyl (C=O) groups is 4. The van der Waals surface area contributed by atoms with Crippen LogP contribution in [0.1, 0.15) is 108 Å². The van der Waals surface area contributed by atoms with Crippen LogP contribution in [0.25, 0.3) is 22.5 Å². The van der Waals surface area contributed by atoms with E-state index in [1.54, 1.807) is 84.9 Å². The van der Waals surface area contributed by atoms with Crippen molar-refractivity contribution in [2.75, 3.05) is 24.2 Å². The van der Waals surface area contributed by atoms with Gasteiger partial charge in [-0.3, -0.25) is 9.59 Å². The first-order chi connectivity index (χ1) is 35.9. The Labute approximate surface area is 424 Å². The summed E-state index contributed by atoms with van der Waals surface area (Å²) in [7, 11) is 0. The number of aromatic nitrogens is 4. The lowest BCUT2D eigenvalue weighted by molar-refractivity contribution is 0.101. The molecule has 0 saturated heterocycles. The molecule has 74 heavy (non-hydrogen) atoms. The zero-order valence-electron chi connectivity index (χ0n) is 40.5. The lowest BCUT2D eigenvalue weighted by Gasteiger charge is -2.25. The molecular formula is C55H53FN8O10. The van der Waals surface area contributed by atoms with Crippen molar-refractivity contribution in [2.45, 2.75) is 83.2 Å². The van der Waals surface area contributed by atoms with Gasteiger partial charge in [0, 0.05) is 63.6 Å². The molecule has 0 radical (unpaired) electrons. The molecule has 1 unspecified atom stereocenters. The summed E-state index contributed by atoms with van der Waals surface area (Å²) in [4.78, 5) is 51.7. The van der Waals surface area contributed by atoms with Gasteiger partial charge in [0.15, 0.2) is 23.0 Å². The highest BCUT2D eigenvalue weighted by Crippen LogP contribution is 2.42. The highest BCUT2D eigenvalue weighted by molar-refractivity contribution is 6.06. The predicted molar refractivity (Wildman–Crippen MR) is 271 cm³/mol. The minimum absolute atomic E-state index is 0.0113. The van der Waals surface area contributed by atoms with Gasteiger partial charge in [0.25, 0.3) is 11.8 Å². The normalized spacial score (nSPS) is 14.7. The number of hydrogen-bond acceptors (Lipinski definition) is 12. The molecule has 18 nitrogen and oxygen atoms in total. The summed E-state index contributed by atoms with van der Waals surface area (Å²) in [5.41, 5.74) is 5.31. The number of benzene rings is 5. The Hall–Kier alpha value is -8.87. The van der Waals surface area contributed by atoms with Gasteiger partial charge in [0.1, 0.15) is 17.3 Å². The van der Waals surface area contributed by atoms with Crippen molar-refractivity contribution in [3.63, 3.8) is 0 Å². The highest BCUT2D eigenvalue weighted by Gasteiger charge is 2.30. The molecule has 0 spiro atoms. The Morgan fingerprint density at radius 1 is 0.635 bits per heavy atom. The molecule has 6 N–H and O–H groups in total. The fourth-order valence-corrected chi connectivity index (χ4v) is 8.75. The van der Waals surface area contributed by atoms with Gasteiger partial charge in [-0.2, -0.15) is 19.6 Å². The van der Waals surface area contributed by atoms with Gasteiger partial charge in [0.05, 0.1) is 22.8 Å². The second-order valence-corrected chi connectivity index (χ2v) is 18.5. The van der Waals surface area contributed by atoms with Crippen molar-refractivity contribution in [1.82, 2.24) is 30.2 Å². The molecule has 2 fully saturated rings. The van der Waals surface area contributed by atoms with Crippen molar-refractivity contribution < 1.29 is 52.7 Å². The van der Waals surface area contributed by atoms with Gasteiger partial charge >= 0.3 is 12.1 Å². The van der Waals surface area contributed by atoms with E-state index < -0.39 is 11.8 Å². The van der Waals surface area contributed by atoms with Crippen LogP contribution in [0, 0.1) is 5.82 Å². The van der Waals surface area contributed by atoms with Crippen molar-refractivity contribution in [2.24, 2.45) is 0 Å². The molecule has 2 saturated carbocycles. The summed E-state index contributed by atoms with van der Waals surface area (Å²) < 4.78 is 38.0. The van der Waals surface area contributed by atoms with Crippen LogP contribution in [-0.2, 0) is 6.54 Å². The Balaban J connectivity index is 0.000000170. The summed E-state index contributed by atoms with van der Waals surface area (Å²) in [5, 5.41) is 41.7. The van der Waals surface area contributed by atoms with E-state index in [2.05, 4.69) is 31.5 Å². The Morgan fingerprint density at radius 2 is 1.12 bits per heavy atom. The maximum absolute atomic E-state index is 14.0. The smallest absolute Gasteiger partial charge is 0.342 e. The Kier molecular flexibility index (Phi) is 13.9. The monoisotopic (exact) mass is 1000 g/mol. The van der Waals surface area contributed by atoms with Gasteiger partial charge in [-0.25, -0.2) is 14.0 Å². The molecular weight excluding hydrogens is 952 g/mol. The fraction of sp³-hybridized carbons (Fsp3) is 0.273. The molecule has 2 aliphatic heterocycles. The molecule has 4 heterocycles. The minimum Gasteiger partial charge on any atom is -0.507 e. The third kappa shape index (κ3) is 10.4. The number of nitrogens with zero attached hydrogens (tertiary/aromatic N) is 4. The Morgan fingerprint density at radius 3 is 1.59 bits per heavy atom. The largest absolute Gasteiger partial charge is 0.507 e. The van der Waals surface area contributed by atoms with Crippen molar-refractivity contribution in [3.8, 4) is 57.0 Å². The van der Waals surface area contributed by atoms with Crippen LogP contribution in [0.2, 0.25) is 0 Å². The first-order valence-electron chi connectivity index (χ1n) is 24.5. The molecule has 19 heteroatoms. The Bertz CT molecular complexity index is 3290.